The van der Waals surface area contributed by atoms with Gasteiger partial charge in [-0.15, -0.1) is 11.8 Å². The molecule has 3 aliphatic heterocycles. The molecule has 3 aromatic heterocycles. The molecular formula is C44H51N9O6S. The van der Waals surface area contributed by atoms with Gasteiger partial charge in [-0.1, -0.05) is 38.2 Å². The summed E-state index contributed by atoms with van der Waals surface area (Å²) < 4.78 is 1.72. The minimum Gasteiger partial charge on any atom is -0.368 e. The van der Waals surface area contributed by atoms with E-state index in [9.17, 15) is 28.8 Å². The van der Waals surface area contributed by atoms with Gasteiger partial charge in [0.15, 0.2) is 5.78 Å². The molecule has 0 radical (unpaired) electrons. The number of imide groups is 2. The lowest BCUT2D eigenvalue weighted by Crippen LogP contribution is -2.54. The number of thioether (sulfide) groups is 1. The summed E-state index contributed by atoms with van der Waals surface area (Å²) in [6, 6.07) is 8.30. The Morgan fingerprint density at radius 3 is 2.38 bits per heavy atom. The number of carbonyl (C=O) groups excluding carboxylic acids is 5. The maximum absolute atomic E-state index is 13.6. The van der Waals surface area contributed by atoms with Crippen LogP contribution in [-0.4, -0.2) is 103 Å². The molecule has 1 atom stereocenters. The highest BCUT2D eigenvalue weighted by molar-refractivity contribution is 7.99. The van der Waals surface area contributed by atoms with E-state index in [2.05, 4.69) is 36.5 Å². The summed E-state index contributed by atoms with van der Waals surface area (Å²) in [5.41, 5.74) is 2.86. The second kappa shape index (κ2) is 18.0. The summed E-state index contributed by atoms with van der Waals surface area (Å²) in [5.74, 6) is -0.372. The summed E-state index contributed by atoms with van der Waals surface area (Å²) in [4.78, 5) is 97.2. The molecule has 6 heterocycles. The number of hydrogen-bond acceptors (Lipinski definition) is 13. The highest BCUT2D eigenvalue weighted by Gasteiger charge is 2.45. The summed E-state index contributed by atoms with van der Waals surface area (Å²) in [7, 11) is 0. The second-order valence-corrected chi connectivity index (χ2v) is 17.3. The Morgan fingerprint density at radius 2 is 1.65 bits per heavy atom. The third kappa shape index (κ3) is 8.44. The van der Waals surface area contributed by atoms with E-state index in [0.717, 1.165) is 112 Å². The molecule has 0 spiro atoms. The van der Waals surface area contributed by atoms with Crippen molar-refractivity contribution in [1.29, 1.82) is 0 Å². The molecule has 4 aromatic rings. The zero-order valence-electron chi connectivity index (χ0n) is 34.2. The highest BCUT2D eigenvalue weighted by Crippen LogP contribution is 2.35. The second-order valence-electron chi connectivity index (χ2n) is 16.2. The van der Waals surface area contributed by atoms with Gasteiger partial charge in [-0.25, -0.2) is 9.97 Å². The van der Waals surface area contributed by atoms with Crippen molar-refractivity contribution < 1.29 is 24.0 Å². The number of anilines is 3. The minimum absolute atomic E-state index is 0.0130. The predicted octanol–water partition coefficient (Wildman–Crippen LogP) is 5.82. The van der Waals surface area contributed by atoms with E-state index in [1.807, 2.05) is 18.3 Å². The molecular weight excluding hydrogens is 783 g/mol. The van der Waals surface area contributed by atoms with Crippen molar-refractivity contribution in [1.82, 2.24) is 34.6 Å². The minimum atomic E-state index is -0.961. The summed E-state index contributed by atoms with van der Waals surface area (Å²) >= 11 is 1.57. The Balaban J connectivity index is 0.756. The molecule has 8 rings (SSSR count). The van der Waals surface area contributed by atoms with Crippen molar-refractivity contribution in [3.8, 4) is 0 Å². The zero-order valence-corrected chi connectivity index (χ0v) is 35.0. The Bertz CT molecular complexity index is 2390. The fourth-order valence-electron chi connectivity index (χ4n) is 9.05. The molecule has 1 aliphatic carbocycles. The standard InChI is InChI=1S/C44H51N9O6S/c1-27-32-26-46-44(49-39(32)52(29-11-6-7-12-29)42(58)37(27)28(2)54)47-35-17-15-30(25-45-35)51-22-20-50(21-23-51)19-8-4-3-5-9-24-60-34-14-10-13-31-38(34)43(59)53(41(31)57)33-16-18-36(55)48-40(33)56/h10,13-15,17,25-26,29,33H,3-9,11-12,16,18-24H2,1-2H3,(H,48,55,56)(H,45,46,47,49). The van der Waals surface area contributed by atoms with Crippen molar-refractivity contribution in [3.63, 3.8) is 0 Å². The van der Waals surface area contributed by atoms with Gasteiger partial charge in [0.25, 0.3) is 17.4 Å². The van der Waals surface area contributed by atoms with E-state index in [0.29, 0.717) is 39.5 Å². The normalized spacial score (nSPS) is 18.7. The van der Waals surface area contributed by atoms with Crippen LogP contribution in [0.2, 0.25) is 0 Å². The molecule has 15 nitrogen and oxygen atoms in total. The number of fused-ring (bicyclic) bond motifs is 2. The van der Waals surface area contributed by atoms with Crippen molar-refractivity contribution >= 4 is 69.7 Å². The molecule has 1 aromatic carbocycles. The molecule has 2 N–H and O–H groups in total. The van der Waals surface area contributed by atoms with Crippen LogP contribution < -0.4 is 21.1 Å². The van der Waals surface area contributed by atoms with Crippen molar-refractivity contribution in [3.05, 3.63) is 75.3 Å². The van der Waals surface area contributed by atoms with E-state index >= 15 is 0 Å². The van der Waals surface area contributed by atoms with Gasteiger partial charge in [0.1, 0.15) is 17.5 Å². The molecule has 0 bridgehead atoms. The number of nitrogens with one attached hydrogen (secondary N) is 2. The molecule has 16 heteroatoms. The first-order valence-corrected chi connectivity index (χ1v) is 22.2. The average Bonchev–Trinajstić information content (AvgIpc) is 3.86. The largest absolute Gasteiger partial charge is 0.368 e. The highest BCUT2D eigenvalue weighted by atomic mass is 32.2. The molecule has 1 unspecified atom stereocenters. The van der Waals surface area contributed by atoms with Crippen LogP contribution in [0.15, 0.2) is 52.4 Å². The maximum Gasteiger partial charge on any atom is 0.263 e. The van der Waals surface area contributed by atoms with Gasteiger partial charge < -0.3 is 10.2 Å². The Morgan fingerprint density at radius 1 is 0.883 bits per heavy atom. The first kappa shape index (κ1) is 41.3. The van der Waals surface area contributed by atoms with Crippen LogP contribution in [0.5, 0.6) is 0 Å². The molecule has 314 valence electrons. The van der Waals surface area contributed by atoms with Gasteiger partial charge in [0.05, 0.1) is 28.6 Å². The van der Waals surface area contributed by atoms with Gasteiger partial charge >= 0.3 is 0 Å². The first-order valence-electron chi connectivity index (χ1n) is 21.2. The number of nitrogens with zero attached hydrogens (tertiary/aromatic N) is 7. The number of aryl methyl sites for hydroxylation is 1. The number of carbonyl (C=O) groups is 5. The van der Waals surface area contributed by atoms with Gasteiger partial charge in [0, 0.05) is 55.1 Å². The smallest absolute Gasteiger partial charge is 0.263 e. The molecule has 3 fully saturated rings. The summed E-state index contributed by atoms with van der Waals surface area (Å²) in [6.45, 7) is 8.10. The Labute approximate surface area is 352 Å². The Kier molecular flexibility index (Phi) is 12.4. The Hall–Kier alpha value is -5.48. The van der Waals surface area contributed by atoms with E-state index in [1.54, 1.807) is 41.6 Å². The lowest BCUT2D eigenvalue weighted by atomic mass is 10.0. The topological polar surface area (TPSA) is 180 Å². The average molecular weight is 834 g/mol. The van der Waals surface area contributed by atoms with E-state index in [-0.39, 0.29) is 41.7 Å². The van der Waals surface area contributed by atoms with Crippen LogP contribution >= 0.6 is 11.8 Å². The van der Waals surface area contributed by atoms with Gasteiger partial charge in [-0.2, -0.15) is 4.98 Å². The number of piperidine rings is 1. The number of pyridine rings is 2. The number of aromatic nitrogens is 4. The predicted molar refractivity (Wildman–Crippen MR) is 229 cm³/mol. The van der Waals surface area contributed by atoms with E-state index in [4.69, 9.17) is 4.98 Å². The fourth-order valence-corrected chi connectivity index (χ4v) is 10.1. The number of ketones is 1. The zero-order chi connectivity index (χ0) is 41.9. The first-order chi connectivity index (χ1) is 29.1. The van der Waals surface area contributed by atoms with Gasteiger partial charge in [-0.3, -0.25) is 48.5 Å². The molecule has 2 saturated heterocycles. The van der Waals surface area contributed by atoms with Gasteiger partial charge in [-0.05, 0) is 88.1 Å². The SMILES string of the molecule is CC(=O)c1c(C)c2cnc(Nc3ccc(N4CCN(CCCCCCCSc5cccc6c5C(=O)N(C5CCC(=O)NC5=O)C6=O)CC4)cn3)nc2n(C2CCCC2)c1=O. The molecule has 1 saturated carbocycles. The van der Waals surface area contributed by atoms with Crippen LogP contribution in [0.1, 0.15) is 120 Å². The van der Waals surface area contributed by atoms with Crippen molar-refractivity contribution in [2.24, 2.45) is 0 Å². The van der Waals surface area contributed by atoms with Crippen LogP contribution in [0.25, 0.3) is 11.0 Å². The molecule has 60 heavy (non-hydrogen) atoms. The number of Topliss-reactive ketones (excluding diaryl/α,β-unsaturated/α-hetero) is 1. The van der Waals surface area contributed by atoms with E-state index < -0.39 is 23.8 Å². The monoisotopic (exact) mass is 833 g/mol. The summed E-state index contributed by atoms with van der Waals surface area (Å²) in [5, 5.41) is 6.18. The van der Waals surface area contributed by atoms with E-state index in [1.165, 1.54) is 6.92 Å². The number of piperazine rings is 1. The van der Waals surface area contributed by atoms with Crippen LogP contribution in [0, 0.1) is 6.92 Å². The van der Waals surface area contributed by atoms with Crippen molar-refractivity contribution in [2.45, 2.75) is 101 Å². The fraction of sp³-hybridized carbons (Fsp3) is 0.477. The quantitative estimate of drug-likeness (QED) is 0.0634. The lowest BCUT2D eigenvalue weighted by Gasteiger charge is -2.36. The van der Waals surface area contributed by atoms with Crippen molar-refractivity contribution in [2.75, 3.05) is 48.7 Å². The number of amides is 4. The molecule has 4 aliphatic rings. The number of rotatable bonds is 15. The molecule has 4 amide bonds. The van der Waals surface area contributed by atoms with Crippen LogP contribution in [-0.2, 0) is 9.59 Å². The van der Waals surface area contributed by atoms with Crippen LogP contribution in [0.4, 0.5) is 17.5 Å². The lowest BCUT2D eigenvalue weighted by molar-refractivity contribution is -0.136. The van der Waals surface area contributed by atoms with Crippen LogP contribution in [0.3, 0.4) is 0 Å². The van der Waals surface area contributed by atoms with Gasteiger partial charge in [0.2, 0.25) is 17.8 Å². The number of unbranched alkanes of at least 4 members (excludes halogenated alkanes) is 4. The third-order valence-corrected chi connectivity index (χ3v) is 13.4. The number of benzene rings is 1. The number of hydrogen-bond donors (Lipinski definition) is 2. The maximum atomic E-state index is 13.6. The third-order valence-electron chi connectivity index (χ3n) is 12.3. The summed E-state index contributed by atoms with van der Waals surface area (Å²) in [6.07, 6.45) is 13.2.